The van der Waals surface area contributed by atoms with Crippen LogP contribution in [0, 0.1) is 5.92 Å². The first-order valence-electron chi connectivity index (χ1n) is 11.3. The first-order chi connectivity index (χ1) is 15.0. The van der Waals surface area contributed by atoms with E-state index in [1.807, 2.05) is 24.3 Å². The Morgan fingerprint density at radius 1 is 1.03 bits per heavy atom. The molecule has 0 saturated heterocycles. The number of hydrogen-bond acceptors (Lipinski definition) is 5. The van der Waals surface area contributed by atoms with Crippen molar-refractivity contribution in [2.75, 3.05) is 20.3 Å². The summed E-state index contributed by atoms with van der Waals surface area (Å²) in [4.78, 5) is 22.7. The quantitative estimate of drug-likeness (QED) is 0.179. The number of esters is 2. The lowest BCUT2D eigenvalue weighted by atomic mass is 9.96. The van der Waals surface area contributed by atoms with E-state index in [1.165, 1.54) is 19.6 Å². The van der Waals surface area contributed by atoms with Crippen LogP contribution in [0.4, 0.5) is 0 Å². The van der Waals surface area contributed by atoms with E-state index < -0.39 is 0 Å². The molecule has 0 radical (unpaired) electrons. The largest absolute Gasteiger partial charge is 0.494 e. The average Bonchev–Trinajstić information content (AvgIpc) is 2.78. The van der Waals surface area contributed by atoms with Gasteiger partial charge in [0.05, 0.1) is 20.3 Å². The number of rotatable bonds is 16. The molecule has 0 aromatic heterocycles. The van der Waals surface area contributed by atoms with Gasteiger partial charge in [-0.15, -0.1) is 0 Å². The Balaban J connectivity index is 2.20. The van der Waals surface area contributed by atoms with Gasteiger partial charge in [0, 0.05) is 11.6 Å². The van der Waals surface area contributed by atoms with Crippen LogP contribution in [-0.2, 0) is 19.1 Å². The fourth-order valence-corrected chi connectivity index (χ4v) is 3.11. The Hall–Kier alpha value is -2.56. The third kappa shape index (κ3) is 12.7. The number of methoxy groups -OCH3 is 1. The van der Waals surface area contributed by atoms with Gasteiger partial charge < -0.3 is 14.2 Å². The maximum absolute atomic E-state index is 11.6. The van der Waals surface area contributed by atoms with Crippen molar-refractivity contribution in [3.05, 3.63) is 48.1 Å². The molecule has 1 unspecified atom stereocenters. The van der Waals surface area contributed by atoms with Crippen molar-refractivity contribution in [3.63, 3.8) is 0 Å². The smallest absolute Gasteiger partial charge is 0.333 e. The summed E-state index contributed by atoms with van der Waals surface area (Å²) in [6.07, 6.45) is 12.0. The summed E-state index contributed by atoms with van der Waals surface area (Å²) < 4.78 is 15.7. The zero-order chi connectivity index (χ0) is 22.9. The van der Waals surface area contributed by atoms with E-state index in [0.29, 0.717) is 24.7 Å². The number of benzene rings is 1. The molecule has 0 fully saturated rings. The lowest BCUT2D eigenvalue weighted by molar-refractivity contribution is -0.140. The SMILES string of the molecule is C=C(C)C(=O)OCC(CCCC)CCCCCCOc1ccc(/C=C/C(=O)OC)cc1. The molecule has 0 heterocycles. The topological polar surface area (TPSA) is 61.8 Å². The van der Waals surface area contributed by atoms with Crippen LogP contribution in [0.25, 0.3) is 6.08 Å². The normalized spacial score (nSPS) is 11.8. The van der Waals surface area contributed by atoms with E-state index >= 15 is 0 Å². The molecule has 5 heteroatoms. The van der Waals surface area contributed by atoms with Crippen molar-refractivity contribution in [3.8, 4) is 5.75 Å². The molecule has 0 N–H and O–H groups in total. The summed E-state index contributed by atoms with van der Waals surface area (Å²) in [5.41, 5.74) is 1.38. The van der Waals surface area contributed by atoms with Crippen LogP contribution in [-0.4, -0.2) is 32.3 Å². The number of carbonyl (C=O) groups excluding carboxylic acids is 2. The minimum Gasteiger partial charge on any atom is -0.494 e. The molecule has 0 saturated carbocycles. The maximum atomic E-state index is 11.6. The van der Waals surface area contributed by atoms with Crippen molar-refractivity contribution in [2.45, 2.75) is 65.2 Å². The molecule has 1 rings (SSSR count). The van der Waals surface area contributed by atoms with E-state index in [-0.39, 0.29) is 11.9 Å². The Labute approximate surface area is 187 Å². The van der Waals surface area contributed by atoms with Gasteiger partial charge in [-0.3, -0.25) is 0 Å². The standard InChI is InChI=1S/C26H38O5/c1-5-6-11-23(20-31-26(28)21(2)3)12-9-7-8-10-19-30-24-16-13-22(14-17-24)15-18-25(27)29-4/h13-18,23H,2,5-12,19-20H2,1,3-4H3/b18-15+. The first-order valence-corrected chi connectivity index (χ1v) is 11.3. The van der Waals surface area contributed by atoms with E-state index in [1.54, 1.807) is 13.0 Å². The van der Waals surface area contributed by atoms with Crippen LogP contribution >= 0.6 is 0 Å². The van der Waals surface area contributed by atoms with Gasteiger partial charge >= 0.3 is 11.9 Å². The summed E-state index contributed by atoms with van der Waals surface area (Å²) in [5.74, 6) is 0.608. The maximum Gasteiger partial charge on any atom is 0.333 e. The summed E-state index contributed by atoms with van der Waals surface area (Å²) in [6, 6.07) is 7.63. The molecule has 0 aliphatic carbocycles. The minimum atomic E-state index is -0.370. The van der Waals surface area contributed by atoms with E-state index in [9.17, 15) is 9.59 Å². The number of unbranched alkanes of at least 4 members (excludes halogenated alkanes) is 4. The average molecular weight is 431 g/mol. The molecule has 1 aromatic rings. The minimum absolute atomic E-state index is 0.286. The molecule has 5 nitrogen and oxygen atoms in total. The van der Waals surface area contributed by atoms with Crippen LogP contribution in [0.1, 0.15) is 70.8 Å². The summed E-state index contributed by atoms with van der Waals surface area (Å²) in [5, 5.41) is 0. The van der Waals surface area contributed by atoms with E-state index in [4.69, 9.17) is 9.47 Å². The van der Waals surface area contributed by atoms with Crippen molar-refractivity contribution < 1.29 is 23.8 Å². The predicted octanol–water partition coefficient (Wildman–Crippen LogP) is 6.13. The summed E-state index contributed by atoms with van der Waals surface area (Å²) in [6.45, 7) is 8.69. The molecule has 0 aliphatic rings. The fourth-order valence-electron chi connectivity index (χ4n) is 3.11. The van der Waals surface area contributed by atoms with Crippen molar-refractivity contribution >= 4 is 18.0 Å². The van der Waals surface area contributed by atoms with Crippen molar-refractivity contribution in [2.24, 2.45) is 5.92 Å². The second kappa shape index (κ2) is 16.2. The molecule has 0 bridgehead atoms. The third-order valence-electron chi connectivity index (χ3n) is 5.03. The zero-order valence-electron chi connectivity index (χ0n) is 19.4. The van der Waals surface area contributed by atoms with Gasteiger partial charge in [0.1, 0.15) is 5.75 Å². The van der Waals surface area contributed by atoms with E-state index in [2.05, 4.69) is 18.2 Å². The fraction of sp³-hybridized carbons (Fsp3) is 0.538. The second-order valence-electron chi connectivity index (χ2n) is 7.86. The predicted molar refractivity (Wildman–Crippen MR) is 125 cm³/mol. The van der Waals surface area contributed by atoms with Gasteiger partial charge in [-0.25, -0.2) is 9.59 Å². The Bertz CT molecular complexity index is 690. The Morgan fingerprint density at radius 3 is 2.35 bits per heavy atom. The molecule has 31 heavy (non-hydrogen) atoms. The lowest BCUT2D eigenvalue weighted by Gasteiger charge is -2.17. The monoisotopic (exact) mass is 430 g/mol. The highest BCUT2D eigenvalue weighted by Crippen LogP contribution is 2.19. The van der Waals surface area contributed by atoms with Gasteiger partial charge in [-0.1, -0.05) is 57.7 Å². The van der Waals surface area contributed by atoms with Crippen molar-refractivity contribution in [1.29, 1.82) is 0 Å². The number of ether oxygens (including phenoxy) is 3. The van der Waals surface area contributed by atoms with Gasteiger partial charge in [-0.2, -0.15) is 0 Å². The molecule has 1 aromatic carbocycles. The Kier molecular flexibility index (Phi) is 13.8. The van der Waals surface area contributed by atoms with Crippen LogP contribution < -0.4 is 4.74 Å². The lowest BCUT2D eigenvalue weighted by Crippen LogP contribution is -2.15. The molecule has 172 valence electrons. The molecular weight excluding hydrogens is 392 g/mol. The van der Waals surface area contributed by atoms with Crippen LogP contribution in [0.15, 0.2) is 42.5 Å². The molecular formula is C26H38O5. The van der Waals surface area contributed by atoms with E-state index in [0.717, 1.165) is 56.3 Å². The van der Waals surface area contributed by atoms with Crippen LogP contribution in [0.5, 0.6) is 5.75 Å². The zero-order valence-corrected chi connectivity index (χ0v) is 19.4. The second-order valence-corrected chi connectivity index (χ2v) is 7.86. The van der Waals surface area contributed by atoms with Gasteiger partial charge in [-0.05, 0) is 55.9 Å². The molecule has 0 spiro atoms. The molecule has 0 aliphatic heterocycles. The summed E-state index contributed by atoms with van der Waals surface area (Å²) >= 11 is 0. The summed E-state index contributed by atoms with van der Waals surface area (Å²) in [7, 11) is 1.36. The molecule has 1 atom stereocenters. The van der Waals surface area contributed by atoms with Gasteiger partial charge in [0.2, 0.25) is 0 Å². The van der Waals surface area contributed by atoms with Crippen LogP contribution in [0.3, 0.4) is 0 Å². The molecule has 0 amide bonds. The third-order valence-corrected chi connectivity index (χ3v) is 5.03. The highest BCUT2D eigenvalue weighted by atomic mass is 16.5. The van der Waals surface area contributed by atoms with Gasteiger partial charge in [0.15, 0.2) is 0 Å². The first kappa shape index (κ1) is 26.5. The van der Waals surface area contributed by atoms with Crippen LogP contribution in [0.2, 0.25) is 0 Å². The Morgan fingerprint density at radius 2 is 1.71 bits per heavy atom. The number of carbonyl (C=O) groups is 2. The highest BCUT2D eigenvalue weighted by molar-refractivity contribution is 5.87. The van der Waals surface area contributed by atoms with Crippen molar-refractivity contribution in [1.82, 2.24) is 0 Å². The van der Waals surface area contributed by atoms with Gasteiger partial charge in [0.25, 0.3) is 0 Å². The highest BCUT2D eigenvalue weighted by Gasteiger charge is 2.12. The number of hydrogen-bond donors (Lipinski definition) is 0.